The van der Waals surface area contributed by atoms with Crippen molar-refractivity contribution < 1.29 is 9.90 Å². The first kappa shape index (κ1) is 10.6. The number of carbonyl (C=O) groups is 1. The first-order chi connectivity index (χ1) is 7.49. The van der Waals surface area contributed by atoms with Gasteiger partial charge in [-0.2, -0.15) is 15.0 Å². The van der Waals surface area contributed by atoms with E-state index in [4.69, 9.17) is 5.11 Å². The second kappa shape index (κ2) is 3.59. The Morgan fingerprint density at radius 1 is 1.25 bits per heavy atom. The van der Waals surface area contributed by atoms with Crippen LogP contribution in [-0.2, 0) is 4.79 Å². The number of hydrogen-bond acceptors (Lipinski definition) is 3. The topological polar surface area (TPSA) is 68.0 Å². The van der Waals surface area contributed by atoms with Gasteiger partial charge in [-0.15, -0.1) is 0 Å². The van der Waals surface area contributed by atoms with Crippen LogP contribution in [0.25, 0.3) is 11.0 Å². The van der Waals surface area contributed by atoms with Crippen molar-refractivity contribution in [1.29, 1.82) is 0 Å². The van der Waals surface area contributed by atoms with E-state index in [1.807, 2.05) is 26.0 Å². The van der Waals surface area contributed by atoms with Crippen molar-refractivity contribution >= 4 is 17.0 Å². The van der Waals surface area contributed by atoms with Crippen LogP contribution < -0.4 is 0 Å². The lowest BCUT2D eigenvalue weighted by atomic mass is 10.1. The lowest BCUT2D eigenvalue weighted by molar-refractivity contribution is -0.140. The zero-order valence-corrected chi connectivity index (χ0v) is 9.43. The molecule has 0 saturated carbocycles. The molecular formula is C11H13N3O2. The lowest BCUT2D eigenvalue weighted by Gasteiger charge is -2.02. The van der Waals surface area contributed by atoms with Gasteiger partial charge in [0.1, 0.15) is 11.0 Å². The van der Waals surface area contributed by atoms with Crippen molar-refractivity contribution in [2.45, 2.75) is 26.8 Å². The van der Waals surface area contributed by atoms with Crippen LogP contribution in [0.15, 0.2) is 12.1 Å². The predicted molar refractivity (Wildman–Crippen MR) is 59.3 cm³/mol. The van der Waals surface area contributed by atoms with Gasteiger partial charge in [-0.25, -0.2) is 4.79 Å². The standard InChI is InChI=1S/C11H13N3O2/c1-6-4-9-10(5-7(6)2)13-14(12-9)8(3)11(15)16/h4-5,8H,1-3H3,(H,15,16). The summed E-state index contributed by atoms with van der Waals surface area (Å²) in [5.74, 6) is -0.936. The highest BCUT2D eigenvalue weighted by Gasteiger charge is 2.16. The van der Waals surface area contributed by atoms with Gasteiger partial charge in [0, 0.05) is 0 Å². The van der Waals surface area contributed by atoms with Gasteiger partial charge < -0.3 is 5.11 Å². The molecule has 0 bridgehead atoms. The molecule has 5 heteroatoms. The normalized spacial score (nSPS) is 12.9. The first-order valence-corrected chi connectivity index (χ1v) is 5.05. The molecule has 1 aromatic carbocycles. The highest BCUT2D eigenvalue weighted by atomic mass is 16.4. The van der Waals surface area contributed by atoms with Crippen LogP contribution in [0.1, 0.15) is 24.1 Å². The largest absolute Gasteiger partial charge is 0.480 e. The SMILES string of the molecule is Cc1cc2nn(C(C)C(=O)O)nc2cc1C. The van der Waals surface area contributed by atoms with E-state index in [1.165, 1.54) is 4.80 Å². The van der Waals surface area contributed by atoms with Crippen molar-refractivity contribution in [2.75, 3.05) is 0 Å². The van der Waals surface area contributed by atoms with Crippen molar-refractivity contribution in [3.05, 3.63) is 23.3 Å². The molecule has 2 aromatic rings. The smallest absolute Gasteiger partial charge is 0.330 e. The Morgan fingerprint density at radius 3 is 2.06 bits per heavy atom. The van der Waals surface area contributed by atoms with Crippen molar-refractivity contribution in [1.82, 2.24) is 15.0 Å². The summed E-state index contributed by atoms with van der Waals surface area (Å²) in [4.78, 5) is 12.1. The monoisotopic (exact) mass is 219 g/mol. The third-order valence-electron chi connectivity index (χ3n) is 2.72. The Morgan fingerprint density at radius 2 is 1.69 bits per heavy atom. The maximum absolute atomic E-state index is 10.8. The van der Waals surface area contributed by atoms with E-state index >= 15 is 0 Å². The fourth-order valence-electron chi connectivity index (χ4n) is 1.46. The van der Waals surface area contributed by atoms with E-state index in [1.54, 1.807) is 6.92 Å². The van der Waals surface area contributed by atoms with Gasteiger partial charge in [0.15, 0.2) is 6.04 Å². The summed E-state index contributed by atoms with van der Waals surface area (Å²) in [6.07, 6.45) is 0. The van der Waals surface area contributed by atoms with Crippen molar-refractivity contribution in [3.8, 4) is 0 Å². The van der Waals surface area contributed by atoms with Gasteiger partial charge in [0.2, 0.25) is 0 Å². The number of nitrogens with zero attached hydrogens (tertiary/aromatic N) is 3. The molecule has 5 nitrogen and oxygen atoms in total. The Hall–Kier alpha value is -1.91. The van der Waals surface area contributed by atoms with Crippen LogP contribution in [0.4, 0.5) is 0 Å². The van der Waals surface area contributed by atoms with Gasteiger partial charge in [-0.05, 0) is 44.0 Å². The minimum absolute atomic E-state index is 0.733. The van der Waals surface area contributed by atoms with E-state index in [9.17, 15) is 4.79 Å². The fraction of sp³-hybridized carbons (Fsp3) is 0.364. The maximum Gasteiger partial charge on any atom is 0.330 e. The Bertz CT molecular complexity index is 521. The summed E-state index contributed by atoms with van der Waals surface area (Å²) in [7, 11) is 0. The number of carboxylic acids is 1. The second-order valence-electron chi connectivity index (χ2n) is 3.96. The maximum atomic E-state index is 10.8. The average molecular weight is 219 g/mol. The van der Waals surface area contributed by atoms with Gasteiger partial charge >= 0.3 is 5.97 Å². The fourth-order valence-corrected chi connectivity index (χ4v) is 1.46. The minimum Gasteiger partial charge on any atom is -0.480 e. The molecule has 0 amide bonds. The Kier molecular flexibility index (Phi) is 2.38. The van der Waals surface area contributed by atoms with Gasteiger partial charge in [0.25, 0.3) is 0 Å². The van der Waals surface area contributed by atoms with Gasteiger partial charge in [-0.3, -0.25) is 0 Å². The van der Waals surface area contributed by atoms with E-state index in [0.29, 0.717) is 0 Å². The van der Waals surface area contributed by atoms with Crippen LogP contribution in [-0.4, -0.2) is 26.1 Å². The summed E-state index contributed by atoms with van der Waals surface area (Å²) in [5.41, 5.74) is 3.72. The summed E-state index contributed by atoms with van der Waals surface area (Å²) >= 11 is 0. The van der Waals surface area contributed by atoms with Gasteiger partial charge in [0.05, 0.1) is 0 Å². The second-order valence-corrected chi connectivity index (χ2v) is 3.96. The van der Waals surface area contributed by atoms with Crippen LogP contribution in [0.2, 0.25) is 0 Å². The molecule has 1 atom stereocenters. The van der Waals surface area contributed by atoms with Crippen molar-refractivity contribution in [2.24, 2.45) is 0 Å². The zero-order valence-electron chi connectivity index (χ0n) is 9.43. The molecule has 1 heterocycles. The zero-order chi connectivity index (χ0) is 11.9. The molecular weight excluding hydrogens is 206 g/mol. The number of benzene rings is 1. The molecule has 1 unspecified atom stereocenters. The molecule has 1 N–H and O–H groups in total. The average Bonchev–Trinajstić information content (AvgIpc) is 2.60. The molecule has 1 aromatic heterocycles. The van der Waals surface area contributed by atoms with Gasteiger partial charge in [-0.1, -0.05) is 0 Å². The molecule has 2 rings (SSSR count). The number of carboxylic acid groups (broad SMARTS) is 1. The molecule has 0 radical (unpaired) electrons. The predicted octanol–water partition coefficient (Wildman–Crippen LogP) is 1.69. The van der Waals surface area contributed by atoms with Crippen LogP contribution in [0, 0.1) is 13.8 Å². The molecule has 0 aliphatic carbocycles. The number of aliphatic carboxylic acids is 1. The number of rotatable bonds is 2. The molecule has 0 saturated heterocycles. The van der Waals surface area contributed by atoms with Crippen LogP contribution in [0.3, 0.4) is 0 Å². The molecule has 0 aliphatic rings. The quantitative estimate of drug-likeness (QED) is 0.834. The van der Waals surface area contributed by atoms with E-state index in [2.05, 4.69) is 10.2 Å². The van der Waals surface area contributed by atoms with Crippen LogP contribution >= 0.6 is 0 Å². The number of fused-ring (bicyclic) bond motifs is 1. The Balaban J connectivity index is 2.56. The first-order valence-electron chi connectivity index (χ1n) is 5.05. The summed E-state index contributed by atoms with van der Waals surface area (Å²) in [6.45, 7) is 5.55. The Labute approximate surface area is 92.7 Å². The number of aromatic nitrogens is 3. The summed E-state index contributed by atoms with van der Waals surface area (Å²) in [5, 5.41) is 17.2. The summed E-state index contributed by atoms with van der Waals surface area (Å²) in [6, 6.07) is 3.10. The highest BCUT2D eigenvalue weighted by Crippen LogP contribution is 2.17. The van der Waals surface area contributed by atoms with E-state index in [0.717, 1.165) is 22.2 Å². The number of aryl methyl sites for hydroxylation is 2. The summed E-state index contributed by atoms with van der Waals surface area (Å²) < 4.78 is 0. The lowest BCUT2D eigenvalue weighted by Crippen LogP contribution is -2.17. The third-order valence-corrected chi connectivity index (χ3v) is 2.72. The highest BCUT2D eigenvalue weighted by molar-refractivity contribution is 5.76. The van der Waals surface area contributed by atoms with Crippen LogP contribution in [0.5, 0.6) is 0 Å². The third kappa shape index (κ3) is 1.64. The van der Waals surface area contributed by atoms with E-state index in [-0.39, 0.29) is 0 Å². The minimum atomic E-state index is -0.936. The molecule has 16 heavy (non-hydrogen) atoms. The molecule has 0 spiro atoms. The van der Waals surface area contributed by atoms with E-state index < -0.39 is 12.0 Å². The van der Waals surface area contributed by atoms with Crippen molar-refractivity contribution in [3.63, 3.8) is 0 Å². The molecule has 0 aliphatic heterocycles. The molecule has 84 valence electrons. The molecule has 0 fully saturated rings. The number of hydrogen-bond donors (Lipinski definition) is 1.